The van der Waals surface area contributed by atoms with Gasteiger partial charge in [-0.25, -0.2) is 9.97 Å². The van der Waals surface area contributed by atoms with Gasteiger partial charge in [0.15, 0.2) is 0 Å². The van der Waals surface area contributed by atoms with Gasteiger partial charge in [-0.05, 0) is 48.4 Å². The number of nitrogens with zero attached hydrogens (tertiary/aromatic N) is 2. The molecule has 1 amide bonds. The van der Waals surface area contributed by atoms with Crippen LogP contribution in [0.5, 0.6) is 0 Å². The summed E-state index contributed by atoms with van der Waals surface area (Å²) in [5, 5.41) is 6.19. The van der Waals surface area contributed by atoms with E-state index in [-0.39, 0.29) is 16.7 Å². The highest BCUT2D eigenvalue weighted by Crippen LogP contribution is 2.64. The van der Waals surface area contributed by atoms with Crippen molar-refractivity contribution in [1.29, 1.82) is 0 Å². The number of anilines is 3. The number of aromatic nitrogens is 2. The smallest absolute Gasteiger partial charge is 0.274 e. The van der Waals surface area contributed by atoms with Crippen LogP contribution in [-0.4, -0.2) is 15.9 Å². The van der Waals surface area contributed by atoms with E-state index in [0.29, 0.717) is 23.2 Å². The molecule has 0 aliphatic heterocycles. The summed E-state index contributed by atoms with van der Waals surface area (Å²) in [5.74, 6) is 0.675. The minimum atomic E-state index is -0.205. The molecule has 6 heteroatoms. The molecule has 4 N–H and O–H groups in total. The van der Waals surface area contributed by atoms with Gasteiger partial charge in [-0.3, -0.25) is 4.79 Å². The van der Waals surface area contributed by atoms with Gasteiger partial charge in [0.05, 0.1) is 0 Å². The number of fused-ring (bicyclic) bond motifs is 2. The van der Waals surface area contributed by atoms with Gasteiger partial charge in [0.2, 0.25) is 5.95 Å². The fourth-order valence-electron chi connectivity index (χ4n) is 4.35. The largest absolute Gasteiger partial charge is 0.399 e. The first-order chi connectivity index (χ1) is 12.8. The second-order valence-electron chi connectivity index (χ2n) is 8.25. The van der Waals surface area contributed by atoms with Gasteiger partial charge in [0.1, 0.15) is 5.69 Å². The lowest BCUT2D eigenvalue weighted by Gasteiger charge is -2.37. The fourth-order valence-corrected chi connectivity index (χ4v) is 4.35. The van der Waals surface area contributed by atoms with Crippen molar-refractivity contribution in [1.82, 2.24) is 15.3 Å². The molecule has 1 aromatic heterocycles. The molecule has 2 aliphatic rings. The highest BCUT2D eigenvalue weighted by molar-refractivity contribution is 5.94. The maximum absolute atomic E-state index is 12.8. The van der Waals surface area contributed by atoms with E-state index in [2.05, 4.69) is 47.4 Å². The number of rotatable bonds is 4. The van der Waals surface area contributed by atoms with Crippen molar-refractivity contribution in [2.45, 2.75) is 33.6 Å². The molecule has 0 spiro atoms. The normalized spacial score (nSPS) is 25.1. The van der Waals surface area contributed by atoms with Crippen LogP contribution in [0.1, 0.15) is 44.1 Å². The zero-order valence-corrected chi connectivity index (χ0v) is 15.9. The summed E-state index contributed by atoms with van der Waals surface area (Å²) < 4.78 is 0. The highest BCUT2D eigenvalue weighted by atomic mass is 16.1. The third-order valence-electron chi connectivity index (χ3n) is 6.55. The molecule has 2 bridgehead atoms. The van der Waals surface area contributed by atoms with Gasteiger partial charge in [-0.1, -0.05) is 32.9 Å². The Kier molecular flexibility index (Phi) is 3.94. The van der Waals surface area contributed by atoms with Crippen molar-refractivity contribution in [3.05, 3.63) is 54.0 Å². The molecular weight excluding hydrogens is 338 g/mol. The predicted molar refractivity (Wildman–Crippen MR) is 106 cm³/mol. The van der Waals surface area contributed by atoms with E-state index in [0.717, 1.165) is 17.8 Å². The zero-order chi connectivity index (χ0) is 19.2. The van der Waals surface area contributed by atoms with Crippen molar-refractivity contribution in [2.75, 3.05) is 11.1 Å². The zero-order valence-electron chi connectivity index (χ0n) is 15.9. The Balaban J connectivity index is 1.51. The number of carbonyl (C=O) groups excluding carboxylic acids is 1. The van der Waals surface area contributed by atoms with Gasteiger partial charge in [-0.15, -0.1) is 0 Å². The molecule has 1 aromatic carbocycles. The Morgan fingerprint density at radius 2 is 2.07 bits per heavy atom. The van der Waals surface area contributed by atoms with Gasteiger partial charge < -0.3 is 16.4 Å². The number of carbonyl (C=O) groups is 1. The molecule has 0 radical (unpaired) electrons. The average Bonchev–Trinajstić information content (AvgIpc) is 2.95. The molecule has 140 valence electrons. The van der Waals surface area contributed by atoms with E-state index in [1.165, 1.54) is 6.42 Å². The third kappa shape index (κ3) is 2.85. The lowest BCUT2D eigenvalue weighted by molar-refractivity contribution is 0.0934. The molecule has 1 fully saturated rings. The van der Waals surface area contributed by atoms with Gasteiger partial charge in [0.25, 0.3) is 5.91 Å². The van der Waals surface area contributed by atoms with Crippen molar-refractivity contribution >= 4 is 23.2 Å². The predicted octanol–water partition coefficient (Wildman–Crippen LogP) is 3.87. The first-order valence-corrected chi connectivity index (χ1v) is 9.29. The molecule has 2 aromatic rings. The van der Waals surface area contributed by atoms with E-state index >= 15 is 0 Å². The van der Waals surface area contributed by atoms with Crippen LogP contribution < -0.4 is 16.4 Å². The van der Waals surface area contributed by atoms with Crippen molar-refractivity contribution in [3.63, 3.8) is 0 Å². The number of hydrogen-bond donors (Lipinski definition) is 3. The standard InChI is InChI=1S/C21H25N5O/c1-20(2)13-7-9-21(20,3)17(11-13)26-18(27)16-8-10-23-19(25-16)24-15-6-4-5-14(22)12-15/h4-6,8,10-13H,7,9,22H2,1-3H3,(H,26,27)(H,23,24,25). The Labute approximate surface area is 159 Å². The van der Waals surface area contributed by atoms with Crippen LogP contribution >= 0.6 is 0 Å². The summed E-state index contributed by atoms with van der Waals surface area (Å²) in [5.41, 5.74) is 8.75. The maximum atomic E-state index is 12.8. The fraction of sp³-hybridized carbons (Fsp3) is 0.381. The van der Waals surface area contributed by atoms with Crippen molar-refractivity contribution < 1.29 is 4.79 Å². The van der Waals surface area contributed by atoms with E-state index in [4.69, 9.17) is 5.73 Å². The molecule has 1 heterocycles. The quantitative estimate of drug-likeness (QED) is 0.717. The number of benzene rings is 1. The number of hydrogen-bond acceptors (Lipinski definition) is 5. The number of amides is 1. The van der Waals surface area contributed by atoms with Gasteiger partial charge in [-0.2, -0.15) is 0 Å². The minimum absolute atomic E-state index is 0.00298. The maximum Gasteiger partial charge on any atom is 0.274 e. The number of nitrogen functional groups attached to an aromatic ring is 1. The van der Waals surface area contributed by atoms with Crippen LogP contribution in [-0.2, 0) is 0 Å². The van der Waals surface area contributed by atoms with Crippen LogP contribution in [0.3, 0.4) is 0 Å². The molecule has 1 saturated carbocycles. The Morgan fingerprint density at radius 1 is 1.26 bits per heavy atom. The number of allylic oxidation sites excluding steroid dienone is 2. The average molecular weight is 363 g/mol. The second-order valence-corrected chi connectivity index (χ2v) is 8.25. The summed E-state index contributed by atoms with van der Waals surface area (Å²) >= 11 is 0. The topological polar surface area (TPSA) is 92.9 Å². The van der Waals surface area contributed by atoms with Gasteiger partial charge in [0, 0.05) is 28.7 Å². The van der Waals surface area contributed by atoms with Crippen molar-refractivity contribution in [2.24, 2.45) is 16.7 Å². The summed E-state index contributed by atoms with van der Waals surface area (Å²) in [6.07, 6.45) is 6.10. The second kappa shape index (κ2) is 6.08. The lowest BCUT2D eigenvalue weighted by Crippen LogP contribution is -2.37. The molecular formula is C21H25N5O. The van der Waals surface area contributed by atoms with Crippen LogP contribution in [0, 0.1) is 16.7 Å². The Hall–Kier alpha value is -2.89. The first kappa shape index (κ1) is 17.5. The Bertz CT molecular complexity index is 936. The molecule has 27 heavy (non-hydrogen) atoms. The van der Waals surface area contributed by atoms with Crippen LogP contribution in [0.4, 0.5) is 17.3 Å². The summed E-state index contributed by atoms with van der Waals surface area (Å²) in [7, 11) is 0. The number of nitrogens with two attached hydrogens (primary N) is 1. The SMILES string of the molecule is CC12CCC(C=C1NC(=O)c1ccnc(Nc3cccc(N)c3)n1)C2(C)C. The molecule has 6 nitrogen and oxygen atoms in total. The van der Waals surface area contributed by atoms with Crippen LogP contribution in [0.25, 0.3) is 0 Å². The number of nitrogens with one attached hydrogen (secondary N) is 2. The summed E-state index contributed by atoms with van der Waals surface area (Å²) in [6, 6.07) is 8.94. The third-order valence-corrected chi connectivity index (χ3v) is 6.55. The van der Waals surface area contributed by atoms with E-state index < -0.39 is 0 Å². The minimum Gasteiger partial charge on any atom is -0.399 e. The van der Waals surface area contributed by atoms with Crippen LogP contribution in [0.15, 0.2) is 48.3 Å². The molecule has 2 atom stereocenters. The first-order valence-electron chi connectivity index (χ1n) is 9.29. The summed E-state index contributed by atoms with van der Waals surface area (Å²) in [4.78, 5) is 21.4. The highest BCUT2D eigenvalue weighted by Gasteiger charge is 2.57. The molecule has 4 rings (SSSR count). The lowest BCUT2D eigenvalue weighted by atomic mass is 9.69. The van der Waals surface area contributed by atoms with E-state index in [9.17, 15) is 4.79 Å². The van der Waals surface area contributed by atoms with Crippen molar-refractivity contribution in [3.8, 4) is 0 Å². The van der Waals surface area contributed by atoms with Crippen LogP contribution in [0.2, 0.25) is 0 Å². The summed E-state index contributed by atoms with van der Waals surface area (Å²) in [6.45, 7) is 6.83. The van der Waals surface area contributed by atoms with E-state index in [1.807, 2.05) is 12.1 Å². The van der Waals surface area contributed by atoms with Gasteiger partial charge >= 0.3 is 0 Å². The monoisotopic (exact) mass is 363 g/mol. The molecule has 2 aliphatic carbocycles. The Morgan fingerprint density at radius 3 is 2.74 bits per heavy atom. The molecule has 0 saturated heterocycles. The molecule has 2 unspecified atom stereocenters. The van der Waals surface area contributed by atoms with E-state index in [1.54, 1.807) is 24.4 Å².